The molecule has 0 fully saturated rings. The SMILES string of the molecule is Cn1cc(CC(Cc2cccc3ccccc23)NN)cn1. The van der Waals surface area contributed by atoms with Crippen molar-refractivity contribution in [1.82, 2.24) is 15.2 Å². The average molecular weight is 280 g/mol. The van der Waals surface area contributed by atoms with Crippen molar-refractivity contribution < 1.29 is 0 Å². The number of hydrazine groups is 1. The fourth-order valence-electron chi connectivity index (χ4n) is 2.79. The van der Waals surface area contributed by atoms with E-state index in [1.165, 1.54) is 21.9 Å². The number of benzene rings is 2. The van der Waals surface area contributed by atoms with Crippen LogP contribution in [0.4, 0.5) is 0 Å². The van der Waals surface area contributed by atoms with Crippen molar-refractivity contribution in [2.75, 3.05) is 0 Å². The van der Waals surface area contributed by atoms with Gasteiger partial charge in [0.1, 0.15) is 0 Å². The third kappa shape index (κ3) is 3.12. The lowest BCUT2D eigenvalue weighted by Gasteiger charge is -2.16. The van der Waals surface area contributed by atoms with Crippen molar-refractivity contribution in [1.29, 1.82) is 0 Å². The van der Waals surface area contributed by atoms with E-state index < -0.39 is 0 Å². The van der Waals surface area contributed by atoms with Gasteiger partial charge in [0.2, 0.25) is 0 Å². The van der Waals surface area contributed by atoms with Crippen LogP contribution in [0.5, 0.6) is 0 Å². The van der Waals surface area contributed by atoms with Gasteiger partial charge in [0, 0.05) is 19.3 Å². The first kappa shape index (κ1) is 13.8. The van der Waals surface area contributed by atoms with Gasteiger partial charge < -0.3 is 0 Å². The van der Waals surface area contributed by atoms with E-state index in [0.29, 0.717) is 0 Å². The number of aromatic nitrogens is 2. The van der Waals surface area contributed by atoms with Gasteiger partial charge in [-0.15, -0.1) is 0 Å². The Morgan fingerprint density at radius 3 is 2.71 bits per heavy atom. The van der Waals surface area contributed by atoms with Crippen LogP contribution in [0.3, 0.4) is 0 Å². The number of aryl methyl sites for hydroxylation is 1. The highest BCUT2D eigenvalue weighted by Crippen LogP contribution is 2.20. The molecule has 108 valence electrons. The van der Waals surface area contributed by atoms with Crippen molar-refractivity contribution in [2.24, 2.45) is 12.9 Å². The molecule has 0 bridgehead atoms. The summed E-state index contributed by atoms with van der Waals surface area (Å²) in [7, 11) is 1.93. The maximum atomic E-state index is 5.74. The molecule has 1 heterocycles. The van der Waals surface area contributed by atoms with Gasteiger partial charge in [0.25, 0.3) is 0 Å². The third-order valence-electron chi connectivity index (χ3n) is 3.82. The first-order chi connectivity index (χ1) is 10.3. The van der Waals surface area contributed by atoms with E-state index >= 15 is 0 Å². The Morgan fingerprint density at radius 1 is 1.14 bits per heavy atom. The van der Waals surface area contributed by atoms with Crippen LogP contribution in [0.25, 0.3) is 10.8 Å². The highest BCUT2D eigenvalue weighted by atomic mass is 15.2. The topological polar surface area (TPSA) is 55.9 Å². The van der Waals surface area contributed by atoms with E-state index in [2.05, 4.69) is 53.0 Å². The molecule has 0 saturated heterocycles. The molecule has 0 aliphatic carbocycles. The van der Waals surface area contributed by atoms with Crippen LogP contribution in [0.1, 0.15) is 11.1 Å². The van der Waals surface area contributed by atoms with E-state index in [1.54, 1.807) is 0 Å². The zero-order chi connectivity index (χ0) is 14.7. The van der Waals surface area contributed by atoms with Gasteiger partial charge in [0.15, 0.2) is 0 Å². The molecule has 3 aromatic rings. The van der Waals surface area contributed by atoms with Crippen LogP contribution in [0, 0.1) is 0 Å². The van der Waals surface area contributed by atoms with E-state index in [9.17, 15) is 0 Å². The summed E-state index contributed by atoms with van der Waals surface area (Å²) in [6.45, 7) is 0. The molecule has 0 spiro atoms. The van der Waals surface area contributed by atoms with Crippen LogP contribution >= 0.6 is 0 Å². The molecule has 0 saturated carbocycles. The molecule has 4 nitrogen and oxygen atoms in total. The molecule has 0 aliphatic rings. The van der Waals surface area contributed by atoms with Crippen molar-refractivity contribution in [3.05, 3.63) is 66.0 Å². The standard InChI is InChI=1S/C17H20N4/c1-21-12-13(11-19-21)9-16(20-18)10-15-7-4-6-14-5-2-3-8-17(14)15/h2-8,11-12,16,20H,9-10,18H2,1H3. The molecule has 3 rings (SSSR count). The second kappa shape index (κ2) is 6.08. The number of nitrogens with two attached hydrogens (primary N) is 1. The zero-order valence-electron chi connectivity index (χ0n) is 12.2. The smallest absolute Gasteiger partial charge is 0.0522 e. The Kier molecular flexibility index (Phi) is 3.99. The third-order valence-corrected chi connectivity index (χ3v) is 3.82. The fraction of sp³-hybridized carbons (Fsp3) is 0.235. The Balaban J connectivity index is 1.82. The summed E-state index contributed by atoms with van der Waals surface area (Å²) in [6.07, 6.45) is 5.70. The maximum Gasteiger partial charge on any atom is 0.0522 e. The summed E-state index contributed by atoms with van der Waals surface area (Å²) in [5.74, 6) is 5.74. The largest absolute Gasteiger partial charge is 0.276 e. The van der Waals surface area contributed by atoms with Crippen LogP contribution < -0.4 is 11.3 Å². The monoisotopic (exact) mass is 280 g/mol. The minimum absolute atomic E-state index is 0.194. The maximum absolute atomic E-state index is 5.74. The second-order valence-corrected chi connectivity index (χ2v) is 5.43. The molecule has 0 aliphatic heterocycles. The highest BCUT2D eigenvalue weighted by Gasteiger charge is 2.11. The zero-order valence-corrected chi connectivity index (χ0v) is 12.2. The molecule has 0 radical (unpaired) electrons. The second-order valence-electron chi connectivity index (χ2n) is 5.43. The molecule has 21 heavy (non-hydrogen) atoms. The van der Waals surface area contributed by atoms with Gasteiger partial charge in [-0.2, -0.15) is 5.10 Å². The van der Waals surface area contributed by atoms with Gasteiger partial charge in [-0.25, -0.2) is 0 Å². The minimum atomic E-state index is 0.194. The number of nitrogens with zero attached hydrogens (tertiary/aromatic N) is 2. The minimum Gasteiger partial charge on any atom is -0.276 e. The average Bonchev–Trinajstić information content (AvgIpc) is 2.92. The quantitative estimate of drug-likeness (QED) is 0.556. The summed E-state index contributed by atoms with van der Waals surface area (Å²) in [4.78, 5) is 0. The number of nitrogens with one attached hydrogen (secondary N) is 1. The normalized spacial score (nSPS) is 12.7. The van der Waals surface area contributed by atoms with Crippen LogP contribution in [0.15, 0.2) is 54.9 Å². The lowest BCUT2D eigenvalue weighted by Crippen LogP contribution is -2.38. The first-order valence-electron chi connectivity index (χ1n) is 7.16. The van der Waals surface area contributed by atoms with Gasteiger partial charge in [-0.1, -0.05) is 42.5 Å². The lowest BCUT2D eigenvalue weighted by molar-refractivity contribution is 0.523. The number of hydrogen-bond donors (Lipinski definition) is 2. The summed E-state index contributed by atoms with van der Waals surface area (Å²) in [5.41, 5.74) is 5.45. The van der Waals surface area contributed by atoms with Crippen LogP contribution in [-0.2, 0) is 19.9 Å². The van der Waals surface area contributed by atoms with Crippen molar-refractivity contribution in [2.45, 2.75) is 18.9 Å². The Labute approximate surface area is 124 Å². The molecular weight excluding hydrogens is 260 g/mol. The van der Waals surface area contributed by atoms with Gasteiger partial charge in [-0.05, 0) is 34.7 Å². The Bertz CT molecular complexity index is 727. The van der Waals surface area contributed by atoms with Crippen molar-refractivity contribution >= 4 is 10.8 Å². The fourth-order valence-corrected chi connectivity index (χ4v) is 2.79. The molecule has 4 heteroatoms. The number of rotatable bonds is 5. The predicted octanol–water partition coefficient (Wildman–Crippen LogP) is 2.19. The molecule has 2 aromatic carbocycles. The molecule has 3 N–H and O–H groups in total. The lowest BCUT2D eigenvalue weighted by atomic mass is 9.96. The van der Waals surface area contributed by atoms with Crippen molar-refractivity contribution in [3.63, 3.8) is 0 Å². The predicted molar refractivity (Wildman–Crippen MR) is 85.7 cm³/mol. The van der Waals surface area contributed by atoms with E-state index in [1.807, 2.05) is 24.1 Å². The van der Waals surface area contributed by atoms with Gasteiger partial charge in [-0.3, -0.25) is 16.0 Å². The molecular formula is C17H20N4. The summed E-state index contributed by atoms with van der Waals surface area (Å²) < 4.78 is 1.82. The highest BCUT2D eigenvalue weighted by molar-refractivity contribution is 5.85. The van der Waals surface area contributed by atoms with Gasteiger partial charge in [0.05, 0.1) is 6.20 Å². The van der Waals surface area contributed by atoms with Gasteiger partial charge >= 0.3 is 0 Å². The summed E-state index contributed by atoms with van der Waals surface area (Å²) in [6, 6.07) is 15.1. The van der Waals surface area contributed by atoms with Crippen LogP contribution in [-0.4, -0.2) is 15.8 Å². The van der Waals surface area contributed by atoms with Crippen LogP contribution in [0.2, 0.25) is 0 Å². The summed E-state index contributed by atoms with van der Waals surface area (Å²) in [5, 5.41) is 6.78. The Morgan fingerprint density at radius 2 is 1.95 bits per heavy atom. The van der Waals surface area contributed by atoms with E-state index in [0.717, 1.165) is 12.8 Å². The molecule has 1 unspecified atom stereocenters. The summed E-state index contributed by atoms with van der Waals surface area (Å²) >= 11 is 0. The van der Waals surface area contributed by atoms with E-state index in [-0.39, 0.29) is 6.04 Å². The Hall–Kier alpha value is -2.17. The number of fused-ring (bicyclic) bond motifs is 1. The van der Waals surface area contributed by atoms with Crippen molar-refractivity contribution in [3.8, 4) is 0 Å². The number of hydrogen-bond acceptors (Lipinski definition) is 3. The van der Waals surface area contributed by atoms with E-state index in [4.69, 9.17) is 5.84 Å². The molecule has 1 atom stereocenters. The molecule has 0 amide bonds. The molecule has 1 aromatic heterocycles. The first-order valence-corrected chi connectivity index (χ1v) is 7.16.